The van der Waals surface area contributed by atoms with Gasteiger partial charge in [0.05, 0.1) is 7.11 Å². The van der Waals surface area contributed by atoms with Gasteiger partial charge in [0.2, 0.25) is 0 Å². The van der Waals surface area contributed by atoms with Crippen LogP contribution in [0.1, 0.15) is 22.4 Å². The second kappa shape index (κ2) is 7.73. The van der Waals surface area contributed by atoms with Gasteiger partial charge in [-0.25, -0.2) is 0 Å². The van der Waals surface area contributed by atoms with E-state index in [2.05, 4.69) is 95.1 Å². The maximum absolute atomic E-state index is 3.64. The van der Waals surface area contributed by atoms with Crippen LogP contribution in [0.25, 0.3) is 11.0 Å². The van der Waals surface area contributed by atoms with E-state index in [1.165, 1.54) is 36.6 Å². The maximum Gasteiger partial charge on any atom is 0.397 e. The molecule has 146 valence electrons. The average molecular weight is 434 g/mol. The minimum atomic E-state index is -1.24. The first-order chi connectivity index (χ1) is 14.2. The van der Waals surface area contributed by atoms with Crippen molar-refractivity contribution in [1.29, 1.82) is 0 Å². The summed E-state index contributed by atoms with van der Waals surface area (Å²) in [6.45, 7) is 3.14. The van der Waals surface area contributed by atoms with E-state index in [1.807, 2.05) is 34.0 Å². The van der Waals surface area contributed by atoms with Gasteiger partial charge in [-0.3, -0.25) is 0 Å². The standard InChI is InChI=1S/C24H23BOS3/c1-18-9-11-19(12-10-18)20-13-14-26(2)25(22-7-4-16-28-22,23-8-5-17-29-23)24(20)21-6-3-15-27-21/h3-12,15-17H,13-14H2,1-2H3. The SMILES string of the molecule is Cc1ccc(C2=C(c3cccs3)[B-](c3cccs3)(c3cccs3)[O+](C)CC2)cc1. The predicted molar refractivity (Wildman–Crippen MR) is 132 cm³/mol. The lowest BCUT2D eigenvalue weighted by Gasteiger charge is -2.50. The molecule has 4 aromatic rings. The van der Waals surface area contributed by atoms with Crippen LogP contribution in [-0.4, -0.2) is 20.1 Å². The second-order valence-electron chi connectivity index (χ2n) is 7.70. The summed E-state index contributed by atoms with van der Waals surface area (Å²) in [7, 11) is 2.24. The maximum atomic E-state index is 3.64. The highest BCUT2D eigenvalue weighted by Gasteiger charge is 2.51. The lowest BCUT2D eigenvalue weighted by atomic mass is 9.31. The van der Waals surface area contributed by atoms with Crippen LogP contribution in [0.2, 0.25) is 0 Å². The molecule has 0 amide bonds. The predicted octanol–water partition coefficient (Wildman–Crippen LogP) is 5.98. The van der Waals surface area contributed by atoms with Crippen LogP contribution in [0.4, 0.5) is 0 Å². The Bertz CT molecular complexity index is 1070. The van der Waals surface area contributed by atoms with Crippen LogP contribution in [0.15, 0.2) is 76.8 Å². The molecule has 29 heavy (non-hydrogen) atoms. The van der Waals surface area contributed by atoms with Gasteiger partial charge >= 0.3 is 6.35 Å². The van der Waals surface area contributed by atoms with Gasteiger partial charge in [0.1, 0.15) is 6.61 Å². The average Bonchev–Trinajstić information content (AvgIpc) is 3.51. The summed E-state index contributed by atoms with van der Waals surface area (Å²) in [6.07, 6.45) is -0.198. The molecule has 0 spiro atoms. The minimum Gasteiger partial charge on any atom is -0.661 e. The van der Waals surface area contributed by atoms with Crippen molar-refractivity contribution < 1.29 is 4.28 Å². The van der Waals surface area contributed by atoms with Gasteiger partial charge in [0.25, 0.3) is 0 Å². The van der Waals surface area contributed by atoms with Gasteiger partial charge < -0.3 is 4.28 Å². The van der Waals surface area contributed by atoms with Crippen molar-refractivity contribution in [2.75, 3.05) is 13.7 Å². The van der Waals surface area contributed by atoms with Crippen LogP contribution >= 0.6 is 34.0 Å². The van der Waals surface area contributed by atoms with Gasteiger partial charge in [-0.15, -0.1) is 11.3 Å². The monoisotopic (exact) mass is 434 g/mol. The summed E-state index contributed by atoms with van der Waals surface area (Å²) in [5.41, 5.74) is 5.63. The Balaban J connectivity index is 1.89. The van der Waals surface area contributed by atoms with Crippen LogP contribution < -0.4 is 9.55 Å². The summed E-state index contributed by atoms with van der Waals surface area (Å²) in [5, 5.41) is 6.64. The fraction of sp³-hybridized carbons (Fsp3) is 0.167. The Morgan fingerprint density at radius 1 is 0.793 bits per heavy atom. The molecule has 1 aliphatic rings. The van der Waals surface area contributed by atoms with E-state index in [0.29, 0.717) is 0 Å². The van der Waals surface area contributed by atoms with E-state index >= 15 is 0 Å². The third-order valence-electron chi connectivity index (χ3n) is 6.08. The van der Waals surface area contributed by atoms with Gasteiger partial charge in [0.15, 0.2) is 0 Å². The number of benzene rings is 1. The van der Waals surface area contributed by atoms with Crippen molar-refractivity contribution in [3.63, 3.8) is 0 Å². The van der Waals surface area contributed by atoms with E-state index in [0.717, 1.165) is 13.0 Å². The molecule has 0 radical (unpaired) electrons. The molecule has 1 aliphatic heterocycles. The number of hydrogen-bond acceptors (Lipinski definition) is 3. The first-order valence-corrected chi connectivity index (χ1v) is 12.5. The second-order valence-corrected chi connectivity index (χ2v) is 10.6. The van der Waals surface area contributed by atoms with E-state index in [9.17, 15) is 0 Å². The molecule has 4 heterocycles. The van der Waals surface area contributed by atoms with Gasteiger partial charge in [0, 0.05) is 11.3 Å². The first-order valence-electron chi connectivity index (χ1n) is 9.91. The highest BCUT2D eigenvalue weighted by molar-refractivity contribution is 7.40. The number of aryl methyl sites for hydroxylation is 1. The van der Waals surface area contributed by atoms with Gasteiger partial charge in [-0.2, -0.15) is 22.7 Å². The fourth-order valence-corrected chi connectivity index (χ4v) is 7.82. The van der Waals surface area contributed by atoms with Crippen molar-refractivity contribution in [1.82, 2.24) is 0 Å². The summed E-state index contributed by atoms with van der Waals surface area (Å²) >= 11 is 5.60. The van der Waals surface area contributed by atoms with Crippen LogP contribution in [0, 0.1) is 6.92 Å². The first kappa shape index (κ1) is 19.1. The molecule has 0 fully saturated rings. The number of hydrogen-bond donors (Lipinski definition) is 0. The fourth-order valence-electron chi connectivity index (χ4n) is 4.72. The molecule has 0 N–H and O–H groups in total. The summed E-state index contributed by atoms with van der Waals surface area (Å²) in [4.78, 5) is 1.38. The van der Waals surface area contributed by atoms with Crippen molar-refractivity contribution in [2.24, 2.45) is 0 Å². The molecule has 5 rings (SSSR count). The van der Waals surface area contributed by atoms with Crippen molar-refractivity contribution in [2.45, 2.75) is 13.3 Å². The van der Waals surface area contributed by atoms with Crippen LogP contribution in [-0.2, 0) is 4.28 Å². The van der Waals surface area contributed by atoms with E-state index in [1.54, 1.807) is 0 Å². The normalized spacial score (nSPS) is 17.0. The molecular weight excluding hydrogens is 411 g/mol. The molecule has 0 bridgehead atoms. The Hall–Kier alpha value is -1.92. The molecule has 1 aromatic carbocycles. The molecule has 0 saturated carbocycles. The minimum absolute atomic E-state index is 0.980. The quantitative estimate of drug-likeness (QED) is 0.275. The number of thiophene rings is 3. The number of rotatable bonds is 4. The summed E-state index contributed by atoms with van der Waals surface area (Å²) in [5.74, 6) is 0. The lowest BCUT2D eigenvalue weighted by molar-refractivity contribution is 0.0588. The van der Waals surface area contributed by atoms with Crippen molar-refractivity contribution >= 4 is 61.0 Å². The zero-order valence-electron chi connectivity index (χ0n) is 16.6. The highest BCUT2D eigenvalue weighted by Crippen LogP contribution is 2.44. The zero-order valence-corrected chi connectivity index (χ0v) is 19.1. The Morgan fingerprint density at radius 2 is 1.41 bits per heavy atom. The molecule has 0 atom stereocenters. The largest absolute Gasteiger partial charge is 0.661 e. The third-order valence-corrected chi connectivity index (χ3v) is 9.05. The molecule has 3 aromatic heterocycles. The Morgan fingerprint density at radius 3 is 1.97 bits per heavy atom. The highest BCUT2D eigenvalue weighted by atomic mass is 32.1. The van der Waals surface area contributed by atoms with E-state index in [4.69, 9.17) is 0 Å². The van der Waals surface area contributed by atoms with Gasteiger partial charge in [-0.1, -0.05) is 80.8 Å². The summed E-state index contributed by atoms with van der Waals surface area (Å²) < 4.78 is 6.49. The molecule has 1 nitrogen and oxygen atoms in total. The molecule has 0 unspecified atom stereocenters. The lowest BCUT2D eigenvalue weighted by Crippen LogP contribution is -2.66. The van der Waals surface area contributed by atoms with Crippen LogP contribution in [0.3, 0.4) is 0 Å². The third kappa shape index (κ3) is 3.08. The van der Waals surface area contributed by atoms with Crippen molar-refractivity contribution in [3.8, 4) is 0 Å². The Kier molecular flexibility index (Phi) is 5.08. The molecule has 5 heteroatoms. The molecular formula is C24H23BOS3. The Labute approximate surface area is 184 Å². The van der Waals surface area contributed by atoms with E-state index < -0.39 is 6.35 Å². The van der Waals surface area contributed by atoms with Gasteiger partial charge in [-0.05, 0) is 34.7 Å². The van der Waals surface area contributed by atoms with Crippen LogP contribution in [0.5, 0.6) is 0 Å². The zero-order chi connectivity index (χ0) is 19.8. The topological polar surface area (TPSA) is 2.70 Å². The van der Waals surface area contributed by atoms with E-state index in [-0.39, 0.29) is 0 Å². The molecule has 0 aliphatic carbocycles. The summed E-state index contributed by atoms with van der Waals surface area (Å²) in [6, 6.07) is 22.6. The smallest absolute Gasteiger partial charge is 0.397 e. The van der Waals surface area contributed by atoms with Crippen molar-refractivity contribution in [3.05, 3.63) is 92.8 Å². The molecule has 0 saturated heterocycles.